The van der Waals surface area contributed by atoms with Gasteiger partial charge in [-0.25, -0.2) is 0 Å². The molecule has 4 aliphatic carbocycles. The van der Waals surface area contributed by atoms with Crippen molar-refractivity contribution in [3.63, 3.8) is 0 Å². The second-order valence-electron chi connectivity index (χ2n) is 17.8. The standard InChI is InChI=1S/C33H59N2P2Si2.C5H5.Fe/c1-38(2,3)29-18-28(33(37,24-9-7-11-34-19-24)25-10-8-12-35-20-25)30(31(29)39(4,5)6)32(21-36)26-14-22-13-23(16-26)17-27(32)15-22;1-2-4-5-3-1;/h18,22-27,34-35H,7-17,19-21,36-37H2,1-6H3;1-5H;/q-1;-5;. The third-order valence-corrected chi connectivity index (χ3v) is 19.2. The van der Waals surface area contributed by atoms with E-state index in [9.17, 15) is 0 Å². The number of rotatable bonds is 7. The van der Waals surface area contributed by atoms with Gasteiger partial charge in [-0.15, -0.1) is 18.5 Å². The van der Waals surface area contributed by atoms with Crippen LogP contribution in [0.4, 0.5) is 0 Å². The van der Waals surface area contributed by atoms with E-state index < -0.39 is 16.1 Å². The van der Waals surface area contributed by atoms with E-state index in [0.29, 0.717) is 17.3 Å². The van der Waals surface area contributed by atoms with Crippen molar-refractivity contribution in [2.75, 3.05) is 32.3 Å². The first-order valence-electron chi connectivity index (χ1n) is 18.3. The zero-order valence-corrected chi connectivity index (χ0v) is 34.7. The van der Waals surface area contributed by atoms with Gasteiger partial charge in [0.1, 0.15) is 0 Å². The van der Waals surface area contributed by atoms with Gasteiger partial charge in [-0.2, -0.15) is 27.6 Å². The molecule has 2 aromatic rings. The van der Waals surface area contributed by atoms with Crippen molar-refractivity contribution in [2.24, 2.45) is 35.5 Å². The number of hydrogen-bond acceptors (Lipinski definition) is 2. The minimum Gasteiger partial charge on any atom is -0.748 e. The minimum atomic E-state index is -1.61. The number of hydrogen-bond donors (Lipinski definition) is 2. The van der Waals surface area contributed by atoms with E-state index >= 15 is 0 Å². The van der Waals surface area contributed by atoms with Crippen LogP contribution in [0.15, 0.2) is 36.4 Å². The van der Waals surface area contributed by atoms with Gasteiger partial charge < -0.3 is 41.0 Å². The molecule has 2 aromatic carbocycles. The van der Waals surface area contributed by atoms with Gasteiger partial charge in [-0.3, -0.25) is 0 Å². The summed E-state index contributed by atoms with van der Waals surface area (Å²) in [5.74, 6) is 5.27. The van der Waals surface area contributed by atoms with Crippen molar-refractivity contribution in [1.29, 1.82) is 0 Å². The Balaban J connectivity index is 0.000000609. The van der Waals surface area contributed by atoms with Crippen LogP contribution in [0.5, 0.6) is 0 Å². The summed E-state index contributed by atoms with van der Waals surface area (Å²) in [5, 5.41) is 11.7. The summed E-state index contributed by atoms with van der Waals surface area (Å²) in [5.41, 5.74) is 4.20. The molecular weight excluding hydrogens is 658 g/mol. The second kappa shape index (κ2) is 14.3. The molecule has 7 heteroatoms. The Hall–Kier alpha value is 0.433. The molecule has 2 saturated heterocycles. The fraction of sp³-hybridized carbons (Fsp3) is 0.737. The van der Waals surface area contributed by atoms with Crippen LogP contribution in [-0.2, 0) is 27.6 Å². The van der Waals surface area contributed by atoms with Gasteiger partial charge in [0, 0.05) is 25.1 Å². The number of piperidine rings is 2. The molecule has 4 unspecified atom stereocenters. The predicted octanol–water partition coefficient (Wildman–Crippen LogP) is 7.54. The zero-order valence-electron chi connectivity index (χ0n) is 29.3. The smallest absolute Gasteiger partial charge is 0.0508 e. The molecule has 0 radical (unpaired) electrons. The first-order valence-corrected chi connectivity index (χ1v) is 26.7. The van der Waals surface area contributed by atoms with Crippen LogP contribution in [0.2, 0.25) is 39.3 Å². The van der Waals surface area contributed by atoms with E-state index in [1.54, 1.807) is 6.42 Å². The molecule has 6 aliphatic rings. The third kappa shape index (κ3) is 6.80. The van der Waals surface area contributed by atoms with Crippen molar-refractivity contribution in [1.82, 2.24) is 10.6 Å². The largest absolute Gasteiger partial charge is 0.748 e. The van der Waals surface area contributed by atoms with Crippen LogP contribution < -0.4 is 21.0 Å². The van der Waals surface area contributed by atoms with E-state index in [1.807, 2.05) is 51.8 Å². The first kappa shape index (κ1) is 36.7. The Morgan fingerprint density at radius 3 is 1.64 bits per heavy atom. The summed E-state index contributed by atoms with van der Waals surface area (Å²) < 4.78 is 0. The SMILES string of the molecule is C[Si](C)(C)c1c(C2(CP)C3CC4CC(C3)CC2C4)c(C(P)(C2CCCNC2)C2CCCNC2)c[c-]1[Si](C)(C)C.[Fe].[cH-]1[cH-][cH-][cH-][cH-]1. The summed E-state index contributed by atoms with van der Waals surface area (Å²) in [6.45, 7) is 20.8. The fourth-order valence-electron chi connectivity index (χ4n) is 11.2. The van der Waals surface area contributed by atoms with Crippen molar-refractivity contribution < 1.29 is 17.1 Å². The Morgan fingerprint density at radius 2 is 1.29 bits per heavy atom. The Bertz CT molecular complexity index is 1170. The molecule has 0 aromatic heterocycles. The van der Waals surface area contributed by atoms with E-state index in [4.69, 9.17) is 0 Å². The van der Waals surface area contributed by atoms with Gasteiger partial charge in [-0.05, 0) is 131 Å². The maximum Gasteiger partial charge on any atom is 0.0508 e. The van der Waals surface area contributed by atoms with E-state index in [2.05, 4.69) is 74.5 Å². The molecule has 258 valence electrons. The molecule has 6 fully saturated rings. The molecule has 2 aliphatic heterocycles. The third-order valence-electron chi connectivity index (χ3n) is 13.0. The monoisotopic (exact) mass is 722 g/mol. The van der Waals surface area contributed by atoms with Crippen molar-refractivity contribution in [3.05, 3.63) is 47.5 Å². The molecule has 0 spiro atoms. The van der Waals surface area contributed by atoms with Gasteiger partial charge in [0.15, 0.2) is 0 Å². The average molecular weight is 723 g/mol. The topological polar surface area (TPSA) is 24.1 Å². The van der Waals surface area contributed by atoms with Crippen LogP contribution in [0.3, 0.4) is 0 Å². The summed E-state index contributed by atoms with van der Waals surface area (Å²) >= 11 is 0. The van der Waals surface area contributed by atoms with Crippen molar-refractivity contribution >= 4 is 45.0 Å². The maximum absolute atomic E-state index is 3.88. The molecule has 4 bridgehead atoms. The molecule has 2 N–H and O–H groups in total. The van der Waals surface area contributed by atoms with Gasteiger partial charge in [-0.1, -0.05) is 44.7 Å². The van der Waals surface area contributed by atoms with Crippen LogP contribution in [0, 0.1) is 35.5 Å². The molecular formula is C38H64FeN2P2Si2-6. The summed E-state index contributed by atoms with van der Waals surface area (Å²) in [4.78, 5) is 0. The second-order valence-corrected chi connectivity index (χ2v) is 29.2. The van der Waals surface area contributed by atoms with Gasteiger partial charge in [0.05, 0.1) is 8.07 Å². The molecule has 2 heterocycles. The minimum absolute atomic E-state index is 0. The van der Waals surface area contributed by atoms with E-state index in [-0.39, 0.29) is 22.2 Å². The molecule has 4 saturated carbocycles. The summed E-state index contributed by atoms with van der Waals surface area (Å²) in [6.07, 6.45) is 14.3. The van der Waals surface area contributed by atoms with Crippen molar-refractivity contribution in [3.8, 4) is 0 Å². The Morgan fingerprint density at radius 1 is 0.822 bits per heavy atom. The molecule has 8 rings (SSSR count). The first-order chi connectivity index (χ1) is 20.9. The zero-order chi connectivity index (χ0) is 31.3. The van der Waals surface area contributed by atoms with E-state index in [1.165, 1.54) is 83.7 Å². The van der Waals surface area contributed by atoms with Gasteiger partial charge >= 0.3 is 0 Å². The normalized spacial score (nSPS) is 34.4. The van der Waals surface area contributed by atoms with Crippen LogP contribution in [-0.4, -0.2) is 48.5 Å². The molecule has 0 amide bonds. The van der Waals surface area contributed by atoms with Crippen LogP contribution >= 0.6 is 18.5 Å². The average Bonchev–Trinajstić information content (AvgIpc) is 3.71. The van der Waals surface area contributed by atoms with Crippen LogP contribution in [0.25, 0.3) is 0 Å². The predicted molar refractivity (Wildman–Crippen MR) is 206 cm³/mol. The summed E-state index contributed by atoms with van der Waals surface area (Å²) in [7, 11) is 3.93. The molecule has 45 heavy (non-hydrogen) atoms. The van der Waals surface area contributed by atoms with Crippen molar-refractivity contribution in [2.45, 2.75) is 108 Å². The van der Waals surface area contributed by atoms with Crippen LogP contribution in [0.1, 0.15) is 68.9 Å². The Kier molecular flexibility index (Phi) is 11.7. The number of nitrogens with one attached hydrogen (secondary N) is 2. The fourth-order valence-corrected chi connectivity index (χ4v) is 18.6. The molecule has 2 nitrogen and oxygen atoms in total. The van der Waals surface area contributed by atoms with Gasteiger partial charge in [0.25, 0.3) is 0 Å². The Labute approximate surface area is 294 Å². The quantitative estimate of drug-likeness (QED) is 0.176. The van der Waals surface area contributed by atoms with Gasteiger partial charge in [0.2, 0.25) is 0 Å². The van der Waals surface area contributed by atoms with E-state index in [0.717, 1.165) is 23.7 Å². The maximum atomic E-state index is 3.88. The molecule has 4 atom stereocenters. The summed E-state index contributed by atoms with van der Waals surface area (Å²) in [6, 6.07) is 12.9.